The van der Waals surface area contributed by atoms with E-state index in [0.717, 1.165) is 0 Å². The van der Waals surface area contributed by atoms with Crippen molar-refractivity contribution < 1.29 is 19.1 Å². The van der Waals surface area contributed by atoms with E-state index >= 15 is 0 Å². The van der Waals surface area contributed by atoms with Crippen LogP contribution in [0.15, 0.2) is 0 Å². The van der Waals surface area contributed by atoms with Gasteiger partial charge in [-0.3, -0.25) is 14.9 Å². The molecule has 2 rings (SSSR count). The van der Waals surface area contributed by atoms with Crippen LogP contribution in [0.1, 0.15) is 12.8 Å². The lowest BCUT2D eigenvalue weighted by molar-refractivity contribution is -0.139. The molecule has 106 valence electrons. The fourth-order valence-electron chi connectivity index (χ4n) is 2.35. The van der Waals surface area contributed by atoms with Crippen molar-refractivity contribution in [3.05, 3.63) is 0 Å². The van der Waals surface area contributed by atoms with Gasteiger partial charge in [0, 0.05) is 19.6 Å². The molecule has 8 heteroatoms. The molecule has 2 heterocycles. The first-order valence-electron chi connectivity index (χ1n) is 6.26. The third-order valence-corrected chi connectivity index (χ3v) is 3.47. The molecule has 2 aliphatic rings. The van der Waals surface area contributed by atoms with Crippen molar-refractivity contribution in [2.24, 2.45) is 5.73 Å². The Balaban J connectivity index is 1.84. The molecule has 1 spiro atoms. The van der Waals surface area contributed by atoms with Crippen molar-refractivity contribution in [1.82, 2.24) is 15.5 Å². The van der Waals surface area contributed by atoms with Gasteiger partial charge in [-0.1, -0.05) is 0 Å². The van der Waals surface area contributed by atoms with Gasteiger partial charge in [-0.2, -0.15) is 0 Å². The van der Waals surface area contributed by atoms with Gasteiger partial charge in [0.05, 0.1) is 6.61 Å². The summed E-state index contributed by atoms with van der Waals surface area (Å²) >= 11 is 0. The maximum absolute atomic E-state index is 11.8. The number of nitrogens with one attached hydrogen (secondary N) is 2. The predicted octanol–water partition coefficient (Wildman–Crippen LogP) is -1.84. The van der Waals surface area contributed by atoms with Crippen molar-refractivity contribution >= 4 is 17.8 Å². The third-order valence-electron chi connectivity index (χ3n) is 3.47. The summed E-state index contributed by atoms with van der Waals surface area (Å²) in [5.74, 6) is -0.419. The Morgan fingerprint density at radius 2 is 2.05 bits per heavy atom. The Morgan fingerprint density at radius 1 is 1.37 bits per heavy atom. The first kappa shape index (κ1) is 13.8. The zero-order valence-electron chi connectivity index (χ0n) is 10.6. The molecule has 0 saturated carbocycles. The molecule has 0 aromatic heterocycles. The predicted molar refractivity (Wildman–Crippen MR) is 65.1 cm³/mol. The number of carbonyl (C=O) groups is 3. The maximum Gasteiger partial charge on any atom is 0.322 e. The Morgan fingerprint density at radius 3 is 2.58 bits per heavy atom. The van der Waals surface area contributed by atoms with Gasteiger partial charge in [0.2, 0.25) is 5.91 Å². The van der Waals surface area contributed by atoms with Crippen LogP contribution >= 0.6 is 0 Å². The van der Waals surface area contributed by atoms with Gasteiger partial charge < -0.3 is 20.7 Å². The van der Waals surface area contributed by atoms with E-state index < -0.39 is 11.6 Å². The van der Waals surface area contributed by atoms with E-state index in [4.69, 9.17) is 10.5 Å². The zero-order valence-corrected chi connectivity index (χ0v) is 10.6. The van der Waals surface area contributed by atoms with Crippen molar-refractivity contribution in [3.63, 3.8) is 0 Å². The van der Waals surface area contributed by atoms with Gasteiger partial charge in [0.1, 0.15) is 12.1 Å². The minimum atomic E-state index is -0.841. The fourth-order valence-corrected chi connectivity index (χ4v) is 2.35. The van der Waals surface area contributed by atoms with Crippen molar-refractivity contribution in [2.75, 3.05) is 32.8 Å². The van der Waals surface area contributed by atoms with Gasteiger partial charge >= 0.3 is 6.03 Å². The number of nitrogens with zero attached hydrogens (tertiary/aromatic N) is 1. The van der Waals surface area contributed by atoms with Crippen LogP contribution in [0.3, 0.4) is 0 Å². The molecule has 0 atom stereocenters. The normalized spacial score (nSPS) is 21.4. The van der Waals surface area contributed by atoms with Crippen LogP contribution in [0, 0.1) is 0 Å². The summed E-state index contributed by atoms with van der Waals surface area (Å²) in [7, 11) is 0. The number of carbonyl (C=O) groups excluding carboxylic acids is 3. The first-order valence-corrected chi connectivity index (χ1v) is 6.26. The molecular formula is C11H18N4O4. The topological polar surface area (TPSA) is 114 Å². The number of rotatable bonds is 4. The summed E-state index contributed by atoms with van der Waals surface area (Å²) in [4.78, 5) is 36.3. The molecule has 19 heavy (non-hydrogen) atoms. The van der Waals surface area contributed by atoms with Gasteiger partial charge in [-0.25, -0.2) is 4.79 Å². The summed E-state index contributed by atoms with van der Waals surface area (Å²) in [6.45, 7) is 1.59. The minimum Gasteiger partial charge on any atom is -0.370 e. The highest BCUT2D eigenvalue weighted by Gasteiger charge is 2.48. The van der Waals surface area contributed by atoms with E-state index in [1.165, 1.54) is 0 Å². The van der Waals surface area contributed by atoms with E-state index in [2.05, 4.69) is 10.6 Å². The van der Waals surface area contributed by atoms with Crippen molar-refractivity contribution in [1.29, 1.82) is 0 Å². The molecule has 2 saturated heterocycles. The highest BCUT2D eigenvalue weighted by atomic mass is 16.5. The summed E-state index contributed by atoms with van der Waals surface area (Å²) in [5.41, 5.74) is 4.42. The highest BCUT2D eigenvalue weighted by molar-refractivity contribution is 6.07. The second-order valence-corrected chi connectivity index (χ2v) is 4.71. The van der Waals surface area contributed by atoms with E-state index in [1.54, 1.807) is 4.90 Å². The molecule has 4 N–H and O–H groups in total. The number of nitrogens with two attached hydrogens (primary N) is 1. The SMILES string of the molecule is NCCOCC(=O)N1CCC2(CC1)NC(=O)NC2=O. The molecule has 0 bridgehead atoms. The van der Waals surface area contributed by atoms with Crippen molar-refractivity contribution in [2.45, 2.75) is 18.4 Å². The zero-order chi connectivity index (χ0) is 13.9. The second kappa shape index (κ2) is 5.54. The number of likely N-dealkylation sites (tertiary alicyclic amines) is 1. The molecule has 0 aliphatic carbocycles. The quantitative estimate of drug-likeness (QED) is 0.410. The van der Waals surface area contributed by atoms with E-state index in [1.807, 2.05) is 0 Å². The Bertz CT molecular complexity index is 390. The lowest BCUT2D eigenvalue weighted by Crippen LogP contribution is -2.56. The Kier molecular flexibility index (Phi) is 4.01. The maximum atomic E-state index is 11.8. The summed E-state index contributed by atoms with van der Waals surface area (Å²) in [6.07, 6.45) is 0.848. The number of hydrogen-bond donors (Lipinski definition) is 3. The van der Waals surface area contributed by atoms with E-state index in [0.29, 0.717) is 39.1 Å². The lowest BCUT2D eigenvalue weighted by Gasteiger charge is -2.36. The third kappa shape index (κ3) is 2.85. The van der Waals surface area contributed by atoms with Gasteiger partial charge in [0.25, 0.3) is 5.91 Å². The number of imide groups is 1. The molecule has 2 aliphatic heterocycles. The first-order chi connectivity index (χ1) is 9.07. The van der Waals surface area contributed by atoms with Crippen LogP contribution in [0.25, 0.3) is 0 Å². The van der Waals surface area contributed by atoms with Crippen LogP contribution < -0.4 is 16.4 Å². The molecule has 0 unspecified atom stereocenters. The molecule has 4 amide bonds. The van der Waals surface area contributed by atoms with E-state index in [-0.39, 0.29) is 18.4 Å². The van der Waals surface area contributed by atoms with Gasteiger partial charge in [-0.15, -0.1) is 0 Å². The molecule has 0 aromatic carbocycles. The number of urea groups is 1. The molecule has 0 aromatic rings. The standard InChI is InChI=1S/C11H18N4O4/c12-3-6-19-7-8(16)15-4-1-11(2-5-15)9(17)13-10(18)14-11/h1-7,12H2,(H2,13,14,17,18). The lowest BCUT2D eigenvalue weighted by atomic mass is 9.88. The van der Waals surface area contributed by atoms with Gasteiger partial charge in [0.15, 0.2) is 0 Å². The molecule has 2 fully saturated rings. The smallest absolute Gasteiger partial charge is 0.322 e. The summed E-state index contributed by atoms with van der Waals surface area (Å²) < 4.78 is 5.09. The second-order valence-electron chi connectivity index (χ2n) is 4.71. The number of ether oxygens (including phenoxy) is 1. The van der Waals surface area contributed by atoms with Crippen LogP contribution in [0.4, 0.5) is 4.79 Å². The number of amides is 4. The van der Waals surface area contributed by atoms with Crippen LogP contribution in [0.5, 0.6) is 0 Å². The fraction of sp³-hybridized carbons (Fsp3) is 0.727. The number of piperidine rings is 1. The van der Waals surface area contributed by atoms with Crippen LogP contribution in [0.2, 0.25) is 0 Å². The molecular weight excluding hydrogens is 252 g/mol. The van der Waals surface area contributed by atoms with Crippen LogP contribution in [-0.2, 0) is 14.3 Å². The summed E-state index contributed by atoms with van der Waals surface area (Å²) in [6, 6.07) is -0.462. The largest absolute Gasteiger partial charge is 0.370 e. The monoisotopic (exact) mass is 270 g/mol. The van der Waals surface area contributed by atoms with Gasteiger partial charge in [-0.05, 0) is 12.8 Å². The highest BCUT2D eigenvalue weighted by Crippen LogP contribution is 2.25. The summed E-state index contributed by atoms with van der Waals surface area (Å²) in [5, 5.41) is 4.88. The average molecular weight is 270 g/mol. The molecule has 8 nitrogen and oxygen atoms in total. The van der Waals surface area contributed by atoms with Crippen LogP contribution in [-0.4, -0.2) is 61.1 Å². The minimum absolute atomic E-state index is 0.00273. The van der Waals surface area contributed by atoms with E-state index in [9.17, 15) is 14.4 Å². The average Bonchev–Trinajstić information content (AvgIpc) is 2.65. The Labute approximate surface area is 110 Å². The Hall–Kier alpha value is -1.67. The van der Waals surface area contributed by atoms with Crippen molar-refractivity contribution in [3.8, 4) is 0 Å². The molecule has 0 radical (unpaired) electrons. The number of hydrogen-bond acceptors (Lipinski definition) is 5.